The molecule has 8 aromatic carbocycles. The smallest absolute Gasteiger partial charge is 0.0413 e. The Hall–Kier alpha value is -7.36. The van der Waals surface area contributed by atoms with Gasteiger partial charge in [-0.25, -0.2) is 0 Å². The van der Waals surface area contributed by atoms with Crippen molar-refractivity contribution in [2.75, 3.05) is 36.0 Å². The van der Waals surface area contributed by atoms with Crippen LogP contribution in [0.5, 0.6) is 0 Å². The average molecular weight is 1190 g/mol. The minimum absolute atomic E-state index is 0.978. The van der Waals surface area contributed by atoms with Gasteiger partial charge in [-0.15, -0.1) is 0 Å². The van der Waals surface area contributed by atoms with E-state index in [2.05, 4.69) is 230 Å². The molecule has 90 heavy (non-hydrogen) atoms. The molecule has 0 heterocycles. The first-order chi connectivity index (χ1) is 44.6. The molecule has 0 amide bonds. The highest BCUT2D eigenvalue weighted by Crippen LogP contribution is 2.34. The van der Waals surface area contributed by atoms with E-state index >= 15 is 0 Å². The summed E-state index contributed by atoms with van der Waals surface area (Å²) in [7, 11) is 0. The second kappa shape index (κ2) is 40.4. The van der Waals surface area contributed by atoms with Crippen LogP contribution >= 0.6 is 0 Å². The Balaban J connectivity index is 0.997. The van der Waals surface area contributed by atoms with Crippen LogP contribution in [-0.2, 0) is 0 Å². The fourth-order valence-electron chi connectivity index (χ4n) is 13.2. The molecular formula is C88H108N2. The summed E-state index contributed by atoms with van der Waals surface area (Å²) in [6.45, 7) is 13.7. The Kier molecular flexibility index (Phi) is 30.8. The van der Waals surface area contributed by atoms with Crippen LogP contribution in [0.25, 0.3) is 43.1 Å². The first kappa shape index (κ1) is 68.5. The molecule has 0 aliphatic carbocycles. The molecule has 2 heteroatoms. The lowest BCUT2D eigenvalue weighted by Crippen LogP contribution is -2.25. The zero-order valence-electron chi connectivity index (χ0n) is 56.2. The monoisotopic (exact) mass is 1190 g/mol. The van der Waals surface area contributed by atoms with Crippen LogP contribution < -0.4 is 9.80 Å². The predicted octanol–water partition coefficient (Wildman–Crippen LogP) is 24.7. The highest BCUT2D eigenvalue weighted by molar-refractivity contribution is 6.11. The highest BCUT2D eigenvalue weighted by atomic mass is 15.1. The van der Waals surface area contributed by atoms with Gasteiger partial charge < -0.3 is 9.80 Å². The molecule has 8 rings (SSSR count). The molecule has 2 nitrogen and oxygen atoms in total. The maximum atomic E-state index is 3.69. The van der Waals surface area contributed by atoms with E-state index in [4.69, 9.17) is 0 Å². The van der Waals surface area contributed by atoms with Crippen LogP contribution in [-0.4, -0.2) is 26.2 Å². The second-order valence-corrected chi connectivity index (χ2v) is 25.6. The van der Waals surface area contributed by atoms with Crippen LogP contribution in [0, 0.1) is 47.4 Å². The third-order valence-electron chi connectivity index (χ3n) is 18.6. The Morgan fingerprint density at radius 3 is 0.633 bits per heavy atom. The molecule has 0 aromatic heterocycles. The van der Waals surface area contributed by atoms with Crippen LogP contribution in [0.2, 0.25) is 0 Å². The molecular weight excluding hydrogens is 1080 g/mol. The molecule has 0 aliphatic heterocycles. The van der Waals surface area contributed by atoms with E-state index < -0.39 is 0 Å². The van der Waals surface area contributed by atoms with Crippen molar-refractivity contribution in [1.29, 1.82) is 0 Å². The van der Waals surface area contributed by atoms with Crippen molar-refractivity contribution in [3.05, 3.63) is 179 Å². The van der Waals surface area contributed by atoms with Crippen molar-refractivity contribution in [2.24, 2.45) is 0 Å². The minimum Gasteiger partial charge on any atom is -0.372 e. The van der Waals surface area contributed by atoms with Crippen molar-refractivity contribution in [3.8, 4) is 47.4 Å². The number of hydrogen-bond acceptors (Lipinski definition) is 2. The Morgan fingerprint density at radius 2 is 0.411 bits per heavy atom. The molecule has 0 bridgehead atoms. The lowest BCUT2D eigenvalue weighted by atomic mass is 9.91. The van der Waals surface area contributed by atoms with Gasteiger partial charge in [0.15, 0.2) is 0 Å². The van der Waals surface area contributed by atoms with Gasteiger partial charge in [0.1, 0.15) is 0 Å². The summed E-state index contributed by atoms with van der Waals surface area (Å²) in [6.07, 6.45) is 43.0. The summed E-state index contributed by atoms with van der Waals surface area (Å²) < 4.78 is 0. The van der Waals surface area contributed by atoms with Gasteiger partial charge in [0, 0.05) is 70.9 Å². The third-order valence-corrected chi connectivity index (χ3v) is 18.6. The van der Waals surface area contributed by atoms with Crippen LogP contribution in [0.1, 0.15) is 267 Å². The lowest BCUT2D eigenvalue weighted by molar-refractivity contribution is 0.555. The SMILES string of the molecule is CCCCCCCCCCN(CCCCCCCCCC)c1ccc(C#Cc2c3ccccc3c(C#CC#Cc3c4ccccc4c(C#Cc4ccc(N(CCCCCCCCCC)CCCCCCCCCC)cc4)c4ccccc34)c3ccccc23)cc1. The number of anilines is 2. The second-order valence-electron chi connectivity index (χ2n) is 25.6. The van der Waals surface area contributed by atoms with Gasteiger partial charge in [-0.2, -0.15) is 0 Å². The molecule has 470 valence electrons. The van der Waals surface area contributed by atoms with Gasteiger partial charge in [-0.05, 0) is 129 Å². The van der Waals surface area contributed by atoms with E-state index in [1.807, 2.05) is 0 Å². The number of unbranched alkanes of at least 4 members (excludes halogenated alkanes) is 28. The molecule has 0 saturated carbocycles. The maximum Gasteiger partial charge on any atom is 0.0413 e. The molecule has 8 aromatic rings. The van der Waals surface area contributed by atoms with Crippen LogP contribution in [0.15, 0.2) is 146 Å². The molecule has 0 fully saturated rings. The Bertz CT molecular complexity index is 3270. The summed E-state index contributed by atoms with van der Waals surface area (Å²) in [5.74, 6) is 28.5. The predicted molar refractivity (Wildman–Crippen MR) is 396 cm³/mol. The van der Waals surface area contributed by atoms with E-state index in [9.17, 15) is 0 Å². The number of benzene rings is 8. The Morgan fingerprint density at radius 1 is 0.211 bits per heavy atom. The van der Waals surface area contributed by atoms with Crippen molar-refractivity contribution >= 4 is 54.5 Å². The van der Waals surface area contributed by atoms with Crippen molar-refractivity contribution < 1.29 is 0 Å². The van der Waals surface area contributed by atoms with Crippen molar-refractivity contribution in [2.45, 2.75) is 233 Å². The Labute approximate surface area is 546 Å². The van der Waals surface area contributed by atoms with Crippen LogP contribution in [0.4, 0.5) is 11.4 Å². The standard InChI is InChI=1S/C88H108N2/c1-5-9-13-17-21-25-29-43-69-89(70-44-30-26-22-18-14-10-6-2)75-63-57-73(58-64-75)61-67-87-83-53-39-35-49-79(83)77(80-50-36-40-54-84(80)87)47-33-34-48-78-81-51-37-41-55-85(81)88(86-56-42-38-52-82(78)86)68-62-74-59-65-76(66-60-74)90(71-45-31-27-23-19-15-11-7-3)72-46-32-28-24-20-16-12-8-4/h35-42,49-60,63-66H,5-32,43-46,69-72H2,1-4H3. The van der Waals surface area contributed by atoms with Gasteiger partial charge in [0.2, 0.25) is 0 Å². The topological polar surface area (TPSA) is 6.48 Å². The fraction of sp³-hybridized carbons (Fsp3) is 0.455. The maximum absolute atomic E-state index is 3.69. The van der Waals surface area contributed by atoms with E-state index in [1.165, 1.54) is 217 Å². The van der Waals surface area contributed by atoms with Crippen molar-refractivity contribution in [1.82, 2.24) is 0 Å². The fourth-order valence-corrected chi connectivity index (χ4v) is 13.2. The van der Waals surface area contributed by atoms with Gasteiger partial charge in [-0.1, -0.05) is 340 Å². The number of rotatable bonds is 38. The normalized spacial score (nSPS) is 11.0. The minimum atomic E-state index is 0.978. The summed E-state index contributed by atoms with van der Waals surface area (Å²) in [5, 5.41) is 8.78. The summed E-state index contributed by atoms with van der Waals surface area (Å²) in [6, 6.07) is 52.6. The van der Waals surface area contributed by atoms with Gasteiger partial charge in [0.25, 0.3) is 0 Å². The van der Waals surface area contributed by atoms with Crippen LogP contribution in [0.3, 0.4) is 0 Å². The molecule has 0 atom stereocenters. The summed E-state index contributed by atoms with van der Waals surface area (Å²) in [5.41, 5.74) is 8.73. The van der Waals surface area contributed by atoms with E-state index in [1.54, 1.807) is 0 Å². The first-order valence-corrected chi connectivity index (χ1v) is 36.2. The van der Waals surface area contributed by atoms with E-state index in [0.717, 1.165) is 103 Å². The number of nitrogens with zero attached hydrogens (tertiary/aromatic N) is 2. The molecule has 0 aliphatic rings. The van der Waals surface area contributed by atoms with Gasteiger partial charge in [0.05, 0.1) is 0 Å². The average Bonchev–Trinajstić information content (AvgIpc) is 0.802. The molecule has 0 unspecified atom stereocenters. The molecule has 0 saturated heterocycles. The largest absolute Gasteiger partial charge is 0.372 e. The number of fused-ring (bicyclic) bond motifs is 4. The molecule has 0 spiro atoms. The lowest BCUT2D eigenvalue weighted by Gasteiger charge is -2.25. The highest BCUT2D eigenvalue weighted by Gasteiger charge is 2.15. The zero-order valence-corrected chi connectivity index (χ0v) is 56.2. The quantitative estimate of drug-likeness (QED) is 0.0216. The zero-order chi connectivity index (χ0) is 62.5. The van der Waals surface area contributed by atoms with Crippen molar-refractivity contribution in [3.63, 3.8) is 0 Å². The number of hydrogen-bond donors (Lipinski definition) is 0. The third kappa shape index (κ3) is 21.7. The van der Waals surface area contributed by atoms with Gasteiger partial charge >= 0.3 is 0 Å². The van der Waals surface area contributed by atoms with Gasteiger partial charge in [-0.3, -0.25) is 0 Å². The van der Waals surface area contributed by atoms with E-state index in [-0.39, 0.29) is 0 Å². The molecule has 0 N–H and O–H groups in total. The van der Waals surface area contributed by atoms with E-state index in [0.29, 0.717) is 0 Å². The molecule has 0 radical (unpaired) electrons. The summed E-state index contributed by atoms with van der Waals surface area (Å²) in [4.78, 5) is 5.30. The first-order valence-electron chi connectivity index (χ1n) is 36.2. The summed E-state index contributed by atoms with van der Waals surface area (Å²) >= 11 is 0.